The zero-order valence-corrected chi connectivity index (χ0v) is 14.6. The summed E-state index contributed by atoms with van der Waals surface area (Å²) in [6.07, 6.45) is 1.67. The van der Waals surface area contributed by atoms with E-state index in [1.165, 1.54) is 0 Å². The van der Waals surface area contributed by atoms with Crippen molar-refractivity contribution >= 4 is 11.8 Å². The minimum Gasteiger partial charge on any atom is -0.494 e. The molecule has 1 fully saturated rings. The lowest BCUT2D eigenvalue weighted by atomic mass is 10.2. The molecule has 0 saturated carbocycles. The predicted octanol–water partition coefficient (Wildman–Crippen LogP) is 3.90. The van der Waals surface area contributed by atoms with Crippen LogP contribution in [0.25, 0.3) is 0 Å². The van der Waals surface area contributed by atoms with Crippen LogP contribution in [0.2, 0.25) is 0 Å². The van der Waals surface area contributed by atoms with E-state index in [-0.39, 0.29) is 12.1 Å². The SMILES string of the molecule is CCCOc1cccc(NC2CCN(C(=O)OC(C)(C)C)C2)c1. The van der Waals surface area contributed by atoms with Crippen LogP contribution in [0, 0.1) is 0 Å². The first-order valence-corrected chi connectivity index (χ1v) is 8.34. The van der Waals surface area contributed by atoms with Gasteiger partial charge < -0.3 is 19.7 Å². The van der Waals surface area contributed by atoms with Gasteiger partial charge in [-0.25, -0.2) is 4.79 Å². The summed E-state index contributed by atoms with van der Waals surface area (Å²) in [7, 11) is 0. The number of carbonyl (C=O) groups is 1. The summed E-state index contributed by atoms with van der Waals surface area (Å²) in [5, 5.41) is 3.48. The number of likely N-dealkylation sites (tertiary alicyclic amines) is 1. The van der Waals surface area contributed by atoms with Crippen LogP contribution in [0.1, 0.15) is 40.5 Å². The highest BCUT2D eigenvalue weighted by atomic mass is 16.6. The molecule has 1 atom stereocenters. The minimum absolute atomic E-state index is 0.234. The van der Waals surface area contributed by atoms with Gasteiger partial charge in [0.1, 0.15) is 11.4 Å². The fourth-order valence-corrected chi connectivity index (χ4v) is 2.50. The molecule has 1 aliphatic rings. The number of nitrogens with zero attached hydrogens (tertiary/aromatic N) is 1. The van der Waals surface area contributed by atoms with Crippen molar-refractivity contribution in [1.82, 2.24) is 4.90 Å². The second-order valence-corrected chi connectivity index (χ2v) is 6.93. The van der Waals surface area contributed by atoms with Crippen LogP contribution < -0.4 is 10.1 Å². The molecule has 1 aromatic carbocycles. The van der Waals surface area contributed by atoms with Crippen LogP contribution >= 0.6 is 0 Å². The average molecular weight is 320 g/mol. The Labute approximate surface area is 139 Å². The normalized spacial score (nSPS) is 17.9. The van der Waals surface area contributed by atoms with Gasteiger partial charge in [0.2, 0.25) is 0 Å². The monoisotopic (exact) mass is 320 g/mol. The standard InChI is InChI=1S/C18H28N2O3/c1-5-11-22-16-8-6-7-14(12-16)19-15-9-10-20(13-15)17(21)23-18(2,3)4/h6-8,12,15,19H,5,9-11,13H2,1-4H3. The number of benzene rings is 1. The number of hydrogen-bond donors (Lipinski definition) is 1. The number of ether oxygens (including phenoxy) is 2. The van der Waals surface area contributed by atoms with Crippen molar-refractivity contribution < 1.29 is 14.3 Å². The zero-order chi connectivity index (χ0) is 16.9. The molecular weight excluding hydrogens is 292 g/mol. The maximum atomic E-state index is 12.1. The van der Waals surface area contributed by atoms with Gasteiger partial charge in [0.25, 0.3) is 0 Å². The summed E-state index contributed by atoms with van der Waals surface area (Å²) in [5.74, 6) is 0.874. The first-order chi connectivity index (χ1) is 10.9. The number of nitrogens with one attached hydrogen (secondary N) is 1. The summed E-state index contributed by atoms with van der Waals surface area (Å²) in [5.41, 5.74) is 0.572. The van der Waals surface area contributed by atoms with Gasteiger partial charge in [-0.15, -0.1) is 0 Å². The van der Waals surface area contributed by atoms with Gasteiger partial charge in [-0.05, 0) is 45.7 Å². The Balaban J connectivity index is 1.87. The maximum Gasteiger partial charge on any atom is 0.410 e. The molecule has 23 heavy (non-hydrogen) atoms. The number of rotatable bonds is 5. The third-order valence-corrected chi connectivity index (χ3v) is 3.52. The average Bonchev–Trinajstić information content (AvgIpc) is 2.92. The molecule has 1 aliphatic heterocycles. The van der Waals surface area contributed by atoms with E-state index in [4.69, 9.17) is 9.47 Å². The second-order valence-electron chi connectivity index (χ2n) is 6.93. The van der Waals surface area contributed by atoms with E-state index < -0.39 is 5.60 Å². The number of amides is 1. The van der Waals surface area contributed by atoms with Crippen LogP contribution in [0.5, 0.6) is 5.75 Å². The first-order valence-electron chi connectivity index (χ1n) is 8.34. The van der Waals surface area contributed by atoms with E-state index in [0.29, 0.717) is 6.54 Å². The van der Waals surface area contributed by atoms with E-state index in [0.717, 1.165) is 37.4 Å². The molecule has 0 spiro atoms. The topological polar surface area (TPSA) is 50.8 Å². The van der Waals surface area contributed by atoms with Crippen molar-refractivity contribution in [3.63, 3.8) is 0 Å². The molecule has 0 radical (unpaired) electrons. The number of anilines is 1. The lowest BCUT2D eigenvalue weighted by Gasteiger charge is -2.24. The molecule has 2 rings (SSSR count). The van der Waals surface area contributed by atoms with E-state index in [1.807, 2.05) is 45.0 Å². The molecule has 0 bridgehead atoms. The van der Waals surface area contributed by atoms with Gasteiger partial charge >= 0.3 is 6.09 Å². The molecule has 1 aromatic rings. The van der Waals surface area contributed by atoms with Gasteiger partial charge in [-0.3, -0.25) is 0 Å². The van der Waals surface area contributed by atoms with Crippen molar-refractivity contribution in [2.45, 2.75) is 52.2 Å². The van der Waals surface area contributed by atoms with E-state index in [2.05, 4.69) is 12.2 Å². The van der Waals surface area contributed by atoms with Crippen molar-refractivity contribution in [1.29, 1.82) is 0 Å². The molecule has 1 heterocycles. The molecule has 5 nitrogen and oxygen atoms in total. The summed E-state index contributed by atoms with van der Waals surface area (Å²) in [6, 6.07) is 8.21. The summed E-state index contributed by atoms with van der Waals surface area (Å²) in [6.45, 7) is 9.86. The lowest BCUT2D eigenvalue weighted by molar-refractivity contribution is 0.0293. The zero-order valence-electron chi connectivity index (χ0n) is 14.6. The highest BCUT2D eigenvalue weighted by Gasteiger charge is 2.29. The Morgan fingerprint density at radius 3 is 2.87 bits per heavy atom. The first kappa shape index (κ1) is 17.4. The minimum atomic E-state index is -0.451. The quantitative estimate of drug-likeness (QED) is 0.894. The molecule has 1 amide bonds. The molecule has 128 valence electrons. The summed E-state index contributed by atoms with van der Waals surface area (Å²) in [4.78, 5) is 13.9. The van der Waals surface area contributed by atoms with Crippen molar-refractivity contribution in [3.8, 4) is 5.75 Å². The van der Waals surface area contributed by atoms with Gasteiger partial charge in [0, 0.05) is 30.9 Å². The maximum absolute atomic E-state index is 12.1. The van der Waals surface area contributed by atoms with Crippen LogP contribution in [-0.2, 0) is 4.74 Å². The highest BCUT2D eigenvalue weighted by molar-refractivity contribution is 5.68. The lowest BCUT2D eigenvalue weighted by Crippen LogP contribution is -2.36. The van der Waals surface area contributed by atoms with Gasteiger partial charge in [0.05, 0.1) is 6.61 Å². The van der Waals surface area contributed by atoms with Crippen LogP contribution in [0.15, 0.2) is 24.3 Å². The third-order valence-electron chi connectivity index (χ3n) is 3.52. The predicted molar refractivity (Wildman–Crippen MR) is 92.1 cm³/mol. The van der Waals surface area contributed by atoms with Crippen molar-refractivity contribution in [3.05, 3.63) is 24.3 Å². The van der Waals surface area contributed by atoms with Crippen LogP contribution in [0.4, 0.5) is 10.5 Å². The third kappa shape index (κ3) is 5.66. The number of carbonyl (C=O) groups excluding carboxylic acids is 1. The number of hydrogen-bond acceptors (Lipinski definition) is 4. The molecule has 1 N–H and O–H groups in total. The molecule has 5 heteroatoms. The smallest absolute Gasteiger partial charge is 0.410 e. The Hall–Kier alpha value is -1.91. The van der Waals surface area contributed by atoms with Gasteiger partial charge in [-0.1, -0.05) is 13.0 Å². The molecule has 1 unspecified atom stereocenters. The van der Waals surface area contributed by atoms with Gasteiger partial charge in [-0.2, -0.15) is 0 Å². The van der Waals surface area contributed by atoms with Gasteiger partial charge in [0.15, 0.2) is 0 Å². The van der Waals surface area contributed by atoms with Crippen LogP contribution in [0.3, 0.4) is 0 Å². The molecule has 0 aliphatic carbocycles. The highest BCUT2D eigenvalue weighted by Crippen LogP contribution is 2.22. The Morgan fingerprint density at radius 1 is 1.39 bits per heavy atom. The fraction of sp³-hybridized carbons (Fsp3) is 0.611. The molecular formula is C18H28N2O3. The van der Waals surface area contributed by atoms with Crippen LogP contribution in [-0.4, -0.2) is 42.3 Å². The molecule has 0 aromatic heterocycles. The summed E-state index contributed by atoms with van der Waals surface area (Å²) >= 11 is 0. The second kappa shape index (κ2) is 7.57. The van der Waals surface area contributed by atoms with Crippen molar-refractivity contribution in [2.75, 3.05) is 25.0 Å². The fourth-order valence-electron chi connectivity index (χ4n) is 2.50. The Kier molecular flexibility index (Phi) is 5.74. The summed E-state index contributed by atoms with van der Waals surface area (Å²) < 4.78 is 11.1. The van der Waals surface area contributed by atoms with Crippen molar-refractivity contribution in [2.24, 2.45) is 0 Å². The van der Waals surface area contributed by atoms with E-state index in [1.54, 1.807) is 4.90 Å². The van der Waals surface area contributed by atoms with E-state index in [9.17, 15) is 4.79 Å². The Bertz CT molecular complexity index is 525. The van der Waals surface area contributed by atoms with E-state index >= 15 is 0 Å². The molecule has 1 saturated heterocycles. The Morgan fingerprint density at radius 2 is 2.17 bits per heavy atom. The largest absolute Gasteiger partial charge is 0.494 e.